The third-order valence-electron chi connectivity index (χ3n) is 7.30. The van der Waals surface area contributed by atoms with Gasteiger partial charge in [0.1, 0.15) is 0 Å². The zero-order valence-electron chi connectivity index (χ0n) is 17.2. The molecule has 2 aliphatic rings. The molecule has 3 rings (SSSR count). The lowest BCUT2D eigenvalue weighted by Gasteiger charge is -2.39. The average molecular weight is 372 g/mol. The number of carbonyl (C=O) groups excluding carboxylic acids is 2. The van der Waals surface area contributed by atoms with Crippen molar-refractivity contribution in [3.05, 3.63) is 29.8 Å². The standard InChI is InChI=1S/C22H33N3O2/c1-14(2)19(26)24-17-8-6-15(7-9-17)13-23-20(27)25-18-12-16-10-11-22(18,5)21(16,3)4/h6-9,14,16,18H,10-13H2,1-5H3,(H,24,26)(H2,23,25,27)/t16-,18-,22+/m0/s1. The summed E-state index contributed by atoms with van der Waals surface area (Å²) in [5.41, 5.74) is 2.26. The number of anilines is 1. The van der Waals surface area contributed by atoms with Gasteiger partial charge in [-0.15, -0.1) is 0 Å². The van der Waals surface area contributed by atoms with Crippen molar-refractivity contribution in [2.24, 2.45) is 22.7 Å². The highest BCUT2D eigenvalue weighted by Gasteiger charge is 2.61. The van der Waals surface area contributed by atoms with Gasteiger partial charge in [0, 0.05) is 24.2 Å². The molecule has 5 nitrogen and oxygen atoms in total. The molecule has 2 saturated carbocycles. The van der Waals surface area contributed by atoms with Gasteiger partial charge >= 0.3 is 6.03 Å². The molecular formula is C22H33N3O2. The van der Waals surface area contributed by atoms with E-state index in [1.165, 1.54) is 12.8 Å². The van der Waals surface area contributed by atoms with Crippen molar-refractivity contribution in [1.29, 1.82) is 0 Å². The summed E-state index contributed by atoms with van der Waals surface area (Å²) in [6.07, 6.45) is 3.56. The molecule has 148 valence electrons. The quantitative estimate of drug-likeness (QED) is 0.722. The van der Waals surface area contributed by atoms with Gasteiger partial charge in [-0.3, -0.25) is 4.79 Å². The third kappa shape index (κ3) is 3.69. The highest BCUT2D eigenvalue weighted by Crippen LogP contribution is 2.65. The first-order chi connectivity index (χ1) is 12.6. The van der Waals surface area contributed by atoms with Crippen molar-refractivity contribution in [2.45, 2.75) is 66.5 Å². The van der Waals surface area contributed by atoms with Gasteiger partial charge in [0.2, 0.25) is 5.91 Å². The number of benzene rings is 1. The summed E-state index contributed by atoms with van der Waals surface area (Å²) in [4.78, 5) is 24.1. The Morgan fingerprint density at radius 2 is 1.81 bits per heavy atom. The molecule has 1 aromatic rings. The highest BCUT2D eigenvalue weighted by molar-refractivity contribution is 5.92. The van der Waals surface area contributed by atoms with Crippen LogP contribution >= 0.6 is 0 Å². The lowest BCUT2D eigenvalue weighted by molar-refractivity contribution is -0.118. The van der Waals surface area contributed by atoms with Gasteiger partial charge in [-0.05, 0) is 53.7 Å². The van der Waals surface area contributed by atoms with Gasteiger partial charge in [0.15, 0.2) is 0 Å². The zero-order valence-corrected chi connectivity index (χ0v) is 17.2. The summed E-state index contributed by atoms with van der Waals surface area (Å²) in [6, 6.07) is 7.75. The van der Waals surface area contributed by atoms with E-state index in [-0.39, 0.29) is 29.3 Å². The Bertz CT molecular complexity index is 711. The van der Waals surface area contributed by atoms with Crippen LogP contribution in [0.4, 0.5) is 10.5 Å². The molecule has 0 heterocycles. The van der Waals surface area contributed by atoms with E-state index in [4.69, 9.17) is 0 Å². The Morgan fingerprint density at radius 1 is 1.15 bits per heavy atom. The van der Waals surface area contributed by atoms with Crippen LogP contribution in [0, 0.1) is 22.7 Å². The molecule has 3 atom stereocenters. The fraction of sp³-hybridized carbons (Fsp3) is 0.636. The maximum absolute atomic E-state index is 12.4. The molecule has 2 fully saturated rings. The van der Waals surface area contributed by atoms with Crippen LogP contribution < -0.4 is 16.0 Å². The van der Waals surface area contributed by atoms with Gasteiger partial charge in [0.25, 0.3) is 0 Å². The van der Waals surface area contributed by atoms with Crippen LogP contribution in [-0.4, -0.2) is 18.0 Å². The summed E-state index contributed by atoms with van der Waals surface area (Å²) in [7, 11) is 0. The van der Waals surface area contributed by atoms with E-state index in [0.717, 1.165) is 17.7 Å². The van der Waals surface area contributed by atoms with Crippen molar-refractivity contribution < 1.29 is 9.59 Å². The molecular weight excluding hydrogens is 338 g/mol. The van der Waals surface area contributed by atoms with Crippen molar-refractivity contribution >= 4 is 17.6 Å². The highest BCUT2D eigenvalue weighted by atomic mass is 16.2. The molecule has 0 spiro atoms. The summed E-state index contributed by atoms with van der Waals surface area (Å²) < 4.78 is 0. The van der Waals surface area contributed by atoms with Crippen molar-refractivity contribution in [3.8, 4) is 0 Å². The second-order valence-corrected chi connectivity index (χ2v) is 9.33. The second-order valence-electron chi connectivity index (χ2n) is 9.33. The summed E-state index contributed by atoms with van der Waals surface area (Å²) in [5.74, 6) is 0.664. The predicted octanol–water partition coefficient (Wildman–Crippen LogP) is 4.30. The average Bonchev–Trinajstić information content (AvgIpc) is 2.94. The molecule has 0 radical (unpaired) electrons. The Morgan fingerprint density at radius 3 is 2.33 bits per heavy atom. The SMILES string of the molecule is CC(C)C(=O)Nc1ccc(CNC(=O)N[C@H]2C[C@@H]3CC[C@@]2(C)C3(C)C)cc1. The molecule has 2 aliphatic carbocycles. The van der Waals surface area contributed by atoms with Crippen molar-refractivity contribution in [3.63, 3.8) is 0 Å². The summed E-state index contributed by atoms with van der Waals surface area (Å²) in [6.45, 7) is 11.2. The number of hydrogen-bond donors (Lipinski definition) is 3. The zero-order chi connectivity index (χ0) is 19.8. The number of hydrogen-bond acceptors (Lipinski definition) is 2. The normalized spacial score (nSPS) is 28.2. The molecule has 27 heavy (non-hydrogen) atoms. The predicted molar refractivity (Wildman–Crippen MR) is 108 cm³/mol. The van der Waals surface area contributed by atoms with Crippen LogP contribution in [0.3, 0.4) is 0 Å². The van der Waals surface area contributed by atoms with Gasteiger partial charge in [-0.25, -0.2) is 4.79 Å². The first-order valence-electron chi connectivity index (χ1n) is 10.1. The summed E-state index contributed by atoms with van der Waals surface area (Å²) >= 11 is 0. The molecule has 1 aromatic carbocycles. The molecule has 0 saturated heterocycles. The topological polar surface area (TPSA) is 70.2 Å². The van der Waals surface area contributed by atoms with E-state index < -0.39 is 0 Å². The van der Waals surface area contributed by atoms with Crippen LogP contribution in [0.15, 0.2) is 24.3 Å². The molecule has 0 aromatic heterocycles. The van der Waals surface area contributed by atoms with E-state index in [1.54, 1.807) is 0 Å². The van der Waals surface area contributed by atoms with E-state index >= 15 is 0 Å². The fourth-order valence-electron chi connectivity index (χ4n) is 4.81. The fourth-order valence-corrected chi connectivity index (χ4v) is 4.81. The van der Waals surface area contributed by atoms with E-state index in [2.05, 4.69) is 36.7 Å². The van der Waals surface area contributed by atoms with E-state index in [9.17, 15) is 9.59 Å². The molecule has 0 unspecified atom stereocenters. The van der Waals surface area contributed by atoms with Crippen LogP contribution in [0.25, 0.3) is 0 Å². The largest absolute Gasteiger partial charge is 0.335 e. The lowest BCUT2D eigenvalue weighted by Crippen LogP contribution is -2.49. The minimum atomic E-state index is -0.0956. The second kappa shape index (κ2) is 7.17. The van der Waals surface area contributed by atoms with Crippen LogP contribution in [-0.2, 0) is 11.3 Å². The Labute approximate surface area is 162 Å². The maximum atomic E-state index is 12.4. The minimum absolute atomic E-state index is 0.00235. The summed E-state index contributed by atoms with van der Waals surface area (Å²) in [5, 5.41) is 9.06. The number of nitrogens with one attached hydrogen (secondary N) is 3. The molecule has 3 N–H and O–H groups in total. The van der Waals surface area contributed by atoms with E-state index in [0.29, 0.717) is 17.9 Å². The minimum Gasteiger partial charge on any atom is -0.335 e. The number of rotatable bonds is 5. The van der Waals surface area contributed by atoms with Crippen LogP contribution in [0.1, 0.15) is 59.4 Å². The molecule has 2 bridgehead atoms. The maximum Gasteiger partial charge on any atom is 0.315 e. The van der Waals surface area contributed by atoms with Gasteiger partial charge in [0.05, 0.1) is 0 Å². The van der Waals surface area contributed by atoms with Crippen molar-refractivity contribution in [1.82, 2.24) is 10.6 Å². The van der Waals surface area contributed by atoms with Gasteiger partial charge < -0.3 is 16.0 Å². The van der Waals surface area contributed by atoms with Crippen LogP contribution in [0.2, 0.25) is 0 Å². The van der Waals surface area contributed by atoms with Gasteiger partial charge in [-0.2, -0.15) is 0 Å². The van der Waals surface area contributed by atoms with Gasteiger partial charge in [-0.1, -0.05) is 46.8 Å². The molecule has 3 amide bonds. The first-order valence-corrected chi connectivity index (χ1v) is 10.1. The number of carbonyl (C=O) groups is 2. The smallest absolute Gasteiger partial charge is 0.315 e. The Kier molecular flexibility index (Phi) is 5.24. The monoisotopic (exact) mass is 371 g/mol. The number of fused-ring (bicyclic) bond motifs is 2. The lowest BCUT2D eigenvalue weighted by atomic mass is 9.69. The number of urea groups is 1. The Hall–Kier alpha value is -2.04. The number of amides is 3. The molecule has 5 heteroatoms. The molecule has 0 aliphatic heterocycles. The third-order valence-corrected chi connectivity index (χ3v) is 7.30. The first kappa shape index (κ1) is 19.7. The Balaban J connectivity index is 1.49. The van der Waals surface area contributed by atoms with Crippen molar-refractivity contribution in [2.75, 3.05) is 5.32 Å². The van der Waals surface area contributed by atoms with Crippen LogP contribution in [0.5, 0.6) is 0 Å². The van der Waals surface area contributed by atoms with E-state index in [1.807, 2.05) is 38.1 Å².